The van der Waals surface area contributed by atoms with Crippen LogP contribution < -0.4 is 0 Å². The molecule has 1 saturated heterocycles. The largest absolute Gasteiger partial charge is 0.333 e. The third kappa shape index (κ3) is 3.25. The summed E-state index contributed by atoms with van der Waals surface area (Å²) in [6.45, 7) is 4.06. The van der Waals surface area contributed by atoms with Crippen LogP contribution in [0.5, 0.6) is 0 Å². The second-order valence-corrected chi connectivity index (χ2v) is 5.76. The lowest BCUT2D eigenvalue weighted by atomic mass is 10.1. The van der Waals surface area contributed by atoms with Crippen LogP contribution in [0.4, 0.5) is 0 Å². The molecule has 3 nitrogen and oxygen atoms in total. The third-order valence-corrected chi connectivity index (χ3v) is 3.96. The molecule has 3 heteroatoms. The number of likely N-dealkylation sites (tertiary alicyclic amines) is 1. The van der Waals surface area contributed by atoms with E-state index in [4.69, 9.17) is 0 Å². The van der Waals surface area contributed by atoms with Gasteiger partial charge in [-0.05, 0) is 11.1 Å². The zero-order chi connectivity index (χ0) is 15.4. The Morgan fingerprint density at radius 3 is 2.23 bits per heavy atom. The van der Waals surface area contributed by atoms with Gasteiger partial charge in [-0.25, -0.2) is 0 Å². The molecule has 1 aliphatic rings. The van der Waals surface area contributed by atoms with Crippen molar-refractivity contribution in [2.24, 2.45) is 10.9 Å². The summed E-state index contributed by atoms with van der Waals surface area (Å²) in [6.07, 6.45) is 0. The van der Waals surface area contributed by atoms with E-state index in [0.717, 1.165) is 17.7 Å². The topological polar surface area (TPSA) is 32.7 Å². The van der Waals surface area contributed by atoms with E-state index in [1.54, 1.807) is 0 Å². The van der Waals surface area contributed by atoms with Crippen molar-refractivity contribution in [1.29, 1.82) is 0 Å². The maximum atomic E-state index is 12.5. The first-order valence-electron chi connectivity index (χ1n) is 7.65. The predicted molar refractivity (Wildman–Crippen MR) is 88.6 cm³/mol. The molecule has 2 aromatic carbocycles. The van der Waals surface area contributed by atoms with Crippen LogP contribution in [-0.4, -0.2) is 23.1 Å². The highest BCUT2D eigenvalue weighted by Gasteiger charge is 2.33. The number of hydrogen-bond acceptors (Lipinski definition) is 2. The highest BCUT2D eigenvalue weighted by Crippen LogP contribution is 2.19. The van der Waals surface area contributed by atoms with Crippen LogP contribution in [0.3, 0.4) is 0 Å². The van der Waals surface area contributed by atoms with Gasteiger partial charge in [0.25, 0.3) is 5.91 Å². The molecule has 112 valence electrons. The summed E-state index contributed by atoms with van der Waals surface area (Å²) in [7, 11) is 0. The summed E-state index contributed by atoms with van der Waals surface area (Å²) in [4.78, 5) is 19.0. The lowest BCUT2D eigenvalue weighted by Crippen LogP contribution is -2.27. The van der Waals surface area contributed by atoms with Crippen LogP contribution in [0.2, 0.25) is 0 Å². The van der Waals surface area contributed by atoms with Gasteiger partial charge in [-0.15, -0.1) is 0 Å². The zero-order valence-corrected chi connectivity index (χ0v) is 12.8. The first-order valence-corrected chi connectivity index (χ1v) is 7.65. The summed E-state index contributed by atoms with van der Waals surface area (Å²) in [5.41, 5.74) is 3.00. The third-order valence-electron chi connectivity index (χ3n) is 3.96. The molecule has 1 heterocycles. The first kappa shape index (κ1) is 14.5. The van der Waals surface area contributed by atoms with Crippen molar-refractivity contribution in [3.05, 3.63) is 71.8 Å². The molecule has 1 fully saturated rings. The molecule has 0 aliphatic carbocycles. The highest BCUT2D eigenvalue weighted by molar-refractivity contribution is 6.41. The molecule has 3 rings (SSSR count). The zero-order valence-electron chi connectivity index (χ0n) is 12.8. The van der Waals surface area contributed by atoms with Crippen molar-refractivity contribution >= 4 is 11.6 Å². The van der Waals surface area contributed by atoms with Gasteiger partial charge in [-0.1, -0.05) is 67.6 Å². The SMILES string of the molecule is CC1CN(Cc2ccccc2)C(=O)C1=NCc1ccccc1. The van der Waals surface area contributed by atoms with E-state index in [1.807, 2.05) is 53.4 Å². The van der Waals surface area contributed by atoms with E-state index < -0.39 is 0 Å². The second kappa shape index (κ2) is 6.56. The molecular weight excluding hydrogens is 272 g/mol. The Bertz CT molecular complexity index is 664. The predicted octanol–water partition coefficient (Wildman–Crippen LogP) is 3.31. The van der Waals surface area contributed by atoms with E-state index >= 15 is 0 Å². The smallest absolute Gasteiger partial charge is 0.268 e. The van der Waals surface area contributed by atoms with Gasteiger partial charge >= 0.3 is 0 Å². The molecule has 0 aromatic heterocycles. The van der Waals surface area contributed by atoms with E-state index in [0.29, 0.717) is 18.8 Å². The van der Waals surface area contributed by atoms with Gasteiger partial charge < -0.3 is 4.90 Å². The van der Waals surface area contributed by atoms with Crippen molar-refractivity contribution in [3.8, 4) is 0 Å². The quantitative estimate of drug-likeness (QED) is 0.851. The normalized spacial score (nSPS) is 19.9. The Balaban J connectivity index is 1.70. The Morgan fingerprint density at radius 1 is 1.00 bits per heavy atom. The fourth-order valence-electron chi connectivity index (χ4n) is 2.80. The molecule has 1 amide bonds. The number of amides is 1. The number of carbonyl (C=O) groups excluding carboxylic acids is 1. The number of hydrogen-bond donors (Lipinski definition) is 0. The van der Waals surface area contributed by atoms with Crippen LogP contribution >= 0.6 is 0 Å². The maximum Gasteiger partial charge on any atom is 0.268 e. The van der Waals surface area contributed by atoms with Crippen LogP contribution in [0.15, 0.2) is 65.7 Å². The van der Waals surface area contributed by atoms with Crippen molar-refractivity contribution in [3.63, 3.8) is 0 Å². The molecule has 0 bridgehead atoms. The summed E-state index contributed by atoms with van der Waals surface area (Å²) >= 11 is 0. The minimum Gasteiger partial charge on any atom is -0.333 e. The Kier molecular flexibility index (Phi) is 4.33. The van der Waals surface area contributed by atoms with E-state index in [9.17, 15) is 4.79 Å². The molecular formula is C19H20N2O. The van der Waals surface area contributed by atoms with Crippen LogP contribution in [-0.2, 0) is 17.9 Å². The minimum absolute atomic E-state index is 0.0762. The molecule has 0 N–H and O–H groups in total. The number of aliphatic imine (C=N–C) groups is 1. The summed E-state index contributed by atoms with van der Waals surface area (Å²) in [6, 6.07) is 20.2. The molecule has 2 aromatic rings. The fraction of sp³-hybridized carbons (Fsp3) is 0.263. The lowest BCUT2D eigenvalue weighted by molar-refractivity contribution is -0.123. The van der Waals surface area contributed by atoms with Crippen molar-refractivity contribution in [2.45, 2.75) is 20.0 Å². The molecule has 1 unspecified atom stereocenters. The molecule has 22 heavy (non-hydrogen) atoms. The monoisotopic (exact) mass is 292 g/mol. The fourth-order valence-corrected chi connectivity index (χ4v) is 2.80. The standard InChI is InChI=1S/C19H20N2O/c1-15-13-21(14-17-10-6-3-7-11-17)19(22)18(15)20-12-16-8-4-2-5-9-16/h2-11,15H,12-14H2,1H3. The number of nitrogens with zero attached hydrogens (tertiary/aromatic N) is 2. The average Bonchev–Trinajstić information content (AvgIpc) is 2.81. The Labute approximate surface area is 131 Å². The number of carbonyl (C=O) groups is 1. The summed E-state index contributed by atoms with van der Waals surface area (Å²) in [5.74, 6) is 0.271. The Hall–Kier alpha value is -2.42. The Morgan fingerprint density at radius 2 is 1.59 bits per heavy atom. The molecule has 0 radical (unpaired) electrons. The van der Waals surface area contributed by atoms with Gasteiger partial charge in [0.15, 0.2) is 0 Å². The van der Waals surface area contributed by atoms with Crippen LogP contribution in [0.1, 0.15) is 18.1 Å². The molecule has 0 spiro atoms. The minimum atomic E-state index is 0.0762. The van der Waals surface area contributed by atoms with Crippen molar-refractivity contribution in [1.82, 2.24) is 4.90 Å². The number of rotatable bonds is 4. The van der Waals surface area contributed by atoms with Gasteiger partial charge in [0.1, 0.15) is 5.71 Å². The van der Waals surface area contributed by atoms with Gasteiger partial charge in [0, 0.05) is 19.0 Å². The average molecular weight is 292 g/mol. The van der Waals surface area contributed by atoms with Crippen molar-refractivity contribution < 1.29 is 4.79 Å². The molecule has 0 saturated carbocycles. The van der Waals surface area contributed by atoms with Crippen LogP contribution in [0, 0.1) is 5.92 Å². The molecule has 1 atom stereocenters. The first-order chi connectivity index (χ1) is 10.7. The van der Waals surface area contributed by atoms with Crippen molar-refractivity contribution in [2.75, 3.05) is 6.54 Å². The van der Waals surface area contributed by atoms with Gasteiger partial charge in [0.2, 0.25) is 0 Å². The van der Waals surface area contributed by atoms with E-state index in [2.05, 4.69) is 24.0 Å². The van der Waals surface area contributed by atoms with Crippen LogP contribution in [0.25, 0.3) is 0 Å². The van der Waals surface area contributed by atoms with Gasteiger partial charge in [-0.3, -0.25) is 9.79 Å². The van der Waals surface area contributed by atoms with E-state index in [-0.39, 0.29) is 11.8 Å². The second-order valence-electron chi connectivity index (χ2n) is 5.76. The lowest BCUT2D eigenvalue weighted by Gasteiger charge is -2.15. The van der Waals surface area contributed by atoms with Gasteiger partial charge in [0.05, 0.1) is 6.54 Å². The number of benzene rings is 2. The summed E-state index contributed by atoms with van der Waals surface area (Å²) in [5, 5.41) is 0. The molecule has 1 aliphatic heterocycles. The van der Waals surface area contributed by atoms with E-state index in [1.165, 1.54) is 0 Å². The highest BCUT2D eigenvalue weighted by atomic mass is 16.2. The van der Waals surface area contributed by atoms with Gasteiger partial charge in [-0.2, -0.15) is 0 Å². The summed E-state index contributed by atoms with van der Waals surface area (Å²) < 4.78 is 0. The maximum absolute atomic E-state index is 12.5.